The van der Waals surface area contributed by atoms with Gasteiger partial charge in [-0.1, -0.05) is 30.3 Å². The lowest BCUT2D eigenvalue weighted by molar-refractivity contribution is -0.132. The third-order valence-corrected chi connectivity index (χ3v) is 3.37. The number of carbonyl (C=O) groups is 1. The molecule has 4 nitrogen and oxygen atoms in total. The van der Waals surface area contributed by atoms with E-state index in [1.165, 1.54) is 5.56 Å². The van der Waals surface area contributed by atoms with Gasteiger partial charge in [0.2, 0.25) is 5.91 Å². The molecule has 1 aliphatic rings. The van der Waals surface area contributed by atoms with Gasteiger partial charge in [-0.2, -0.15) is 0 Å². The number of nitrogens with zero attached hydrogens (tertiary/aromatic N) is 1. The number of benzene rings is 1. The van der Waals surface area contributed by atoms with E-state index in [1.54, 1.807) is 0 Å². The Morgan fingerprint density at radius 2 is 2.15 bits per heavy atom. The quantitative estimate of drug-likeness (QED) is 0.902. The molecular formula is C15H23ClN2O2. The van der Waals surface area contributed by atoms with E-state index < -0.39 is 0 Å². The molecule has 0 aliphatic carbocycles. The van der Waals surface area contributed by atoms with Crippen LogP contribution in [-0.2, 0) is 16.1 Å². The lowest BCUT2D eigenvalue weighted by Crippen LogP contribution is -2.45. The Bertz CT molecular complexity index is 394. The van der Waals surface area contributed by atoms with Crippen LogP contribution in [0.25, 0.3) is 0 Å². The molecule has 1 amide bonds. The first-order chi connectivity index (χ1) is 9.29. The molecule has 1 fully saturated rings. The van der Waals surface area contributed by atoms with Crippen molar-refractivity contribution in [2.24, 2.45) is 0 Å². The Labute approximate surface area is 126 Å². The van der Waals surface area contributed by atoms with Crippen molar-refractivity contribution in [1.82, 2.24) is 10.2 Å². The Kier molecular flexibility index (Phi) is 7.59. The van der Waals surface area contributed by atoms with Gasteiger partial charge in [-0.15, -0.1) is 12.4 Å². The van der Waals surface area contributed by atoms with Crippen LogP contribution >= 0.6 is 12.4 Å². The molecule has 20 heavy (non-hydrogen) atoms. The molecule has 0 bridgehead atoms. The molecule has 0 aromatic heterocycles. The number of nitrogens with one attached hydrogen (secondary N) is 1. The largest absolute Gasteiger partial charge is 0.378 e. The second-order valence-corrected chi connectivity index (χ2v) is 4.82. The number of morpholine rings is 1. The summed E-state index contributed by atoms with van der Waals surface area (Å²) in [4.78, 5) is 14.2. The van der Waals surface area contributed by atoms with Gasteiger partial charge in [0.25, 0.3) is 0 Å². The van der Waals surface area contributed by atoms with Crippen molar-refractivity contribution in [2.75, 3.05) is 26.3 Å². The molecule has 1 saturated heterocycles. The highest BCUT2D eigenvalue weighted by Gasteiger charge is 2.20. The third kappa shape index (κ3) is 5.12. The molecule has 1 unspecified atom stereocenters. The van der Waals surface area contributed by atoms with Gasteiger partial charge in [-0.3, -0.25) is 4.79 Å². The summed E-state index contributed by atoms with van der Waals surface area (Å²) in [5, 5.41) is 3.32. The molecule has 5 heteroatoms. The van der Waals surface area contributed by atoms with E-state index in [1.807, 2.05) is 30.0 Å². The summed E-state index contributed by atoms with van der Waals surface area (Å²) in [6, 6.07) is 10.3. The Morgan fingerprint density at radius 3 is 2.75 bits per heavy atom. The number of carbonyl (C=O) groups excluding carboxylic acids is 1. The van der Waals surface area contributed by atoms with Crippen LogP contribution in [0.5, 0.6) is 0 Å². The maximum absolute atomic E-state index is 12.3. The standard InChI is InChI=1S/C15H22N2O2.ClH/c1-2-17(11-13-6-4-3-5-7-13)15(18)10-14-12-19-9-8-16-14;/h3-7,14,16H,2,8-12H2,1H3;1H. The van der Waals surface area contributed by atoms with Crippen molar-refractivity contribution in [3.8, 4) is 0 Å². The van der Waals surface area contributed by atoms with Crippen LogP contribution in [0.4, 0.5) is 0 Å². The van der Waals surface area contributed by atoms with Gasteiger partial charge in [0.1, 0.15) is 0 Å². The first kappa shape index (κ1) is 17.0. The van der Waals surface area contributed by atoms with Gasteiger partial charge in [0, 0.05) is 32.1 Å². The minimum Gasteiger partial charge on any atom is -0.378 e. The number of amides is 1. The molecule has 1 atom stereocenters. The third-order valence-electron chi connectivity index (χ3n) is 3.37. The fourth-order valence-electron chi connectivity index (χ4n) is 2.27. The number of hydrogen-bond acceptors (Lipinski definition) is 3. The number of hydrogen-bond donors (Lipinski definition) is 1. The minimum absolute atomic E-state index is 0. The molecule has 1 aromatic carbocycles. The average Bonchev–Trinajstić information content (AvgIpc) is 2.47. The van der Waals surface area contributed by atoms with Crippen LogP contribution in [0.1, 0.15) is 18.9 Å². The van der Waals surface area contributed by atoms with Crippen LogP contribution in [0.3, 0.4) is 0 Å². The van der Waals surface area contributed by atoms with Crippen molar-refractivity contribution in [1.29, 1.82) is 0 Å². The summed E-state index contributed by atoms with van der Waals surface area (Å²) in [6.07, 6.45) is 0.515. The summed E-state index contributed by atoms with van der Waals surface area (Å²) in [5.74, 6) is 0.189. The normalized spacial score (nSPS) is 18.1. The van der Waals surface area contributed by atoms with E-state index >= 15 is 0 Å². The summed E-state index contributed by atoms with van der Waals surface area (Å²) in [6.45, 7) is 5.65. The smallest absolute Gasteiger partial charge is 0.224 e. The molecule has 1 aromatic rings. The zero-order valence-electron chi connectivity index (χ0n) is 11.9. The second-order valence-electron chi connectivity index (χ2n) is 4.82. The van der Waals surface area contributed by atoms with Crippen molar-refractivity contribution < 1.29 is 9.53 Å². The molecule has 0 radical (unpaired) electrons. The van der Waals surface area contributed by atoms with E-state index in [-0.39, 0.29) is 24.4 Å². The SMILES string of the molecule is CCN(Cc1ccccc1)C(=O)CC1COCCN1.Cl. The van der Waals surface area contributed by atoms with Crippen molar-refractivity contribution in [3.05, 3.63) is 35.9 Å². The maximum atomic E-state index is 12.3. The van der Waals surface area contributed by atoms with Crippen LogP contribution in [0, 0.1) is 0 Å². The molecule has 1 heterocycles. The second kappa shape index (κ2) is 8.95. The van der Waals surface area contributed by atoms with Crippen molar-refractivity contribution in [2.45, 2.75) is 25.9 Å². The Hall–Kier alpha value is -1.10. The summed E-state index contributed by atoms with van der Waals surface area (Å²) in [5.41, 5.74) is 1.17. The number of ether oxygens (including phenoxy) is 1. The molecule has 0 saturated carbocycles. The zero-order chi connectivity index (χ0) is 13.5. The average molecular weight is 299 g/mol. The molecule has 1 aliphatic heterocycles. The van der Waals surface area contributed by atoms with Gasteiger partial charge in [0.15, 0.2) is 0 Å². The molecule has 112 valence electrons. The first-order valence-electron chi connectivity index (χ1n) is 6.92. The van der Waals surface area contributed by atoms with E-state index in [4.69, 9.17) is 4.74 Å². The summed E-state index contributed by atoms with van der Waals surface area (Å²) < 4.78 is 5.38. The fourth-order valence-corrected chi connectivity index (χ4v) is 2.27. The highest BCUT2D eigenvalue weighted by molar-refractivity contribution is 5.85. The Balaban J connectivity index is 0.00000200. The monoisotopic (exact) mass is 298 g/mol. The predicted octanol–water partition coefficient (Wildman–Crippen LogP) is 1.84. The molecule has 2 rings (SSSR count). The topological polar surface area (TPSA) is 41.6 Å². The van der Waals surface area contributed by atoms with Crippen molar-refractivity contribution in [3.63, 3.8) is 0 Å². The Morgan fingerprint density at radius 1 is 1.40 bits per heavy atom. The maximum Gasteiger partial charge on any atom is 0.224 e. The van der Waals surface area contributed by atoms with E-state index in [0.717, 1.165) is 19.7 Å². The predicted molar refractivity (Wildman–Crippen MR) is 82.0 cm³/mol. The van der Waals surface area contributed by atoms with E-state index in [9.17, 15) is 4.79 Å². The number of rotatable bonds is 5. The lowest BCUT2D eigenvalue weighted by atomic mass is 10.1. The van der Waals surface area contributed by atoms with Gasteiger partial charge in [-0.05, 0) is 12.5 Å². The zero-order valence-corrected chi connectivity index (χ0v) is 12.7. The fraction of sp³-hybridized carbons (Fsp3) is 0.533. The first-order valence-corrected chi connectivity index (χ1v) is 6.92. The van der Waals surface area contributed by atoms with Crippen LogP contribution in [0.2, 0.25) is 0 Å². The van der Waals surface area contributed by atoms with E-state index in [0.29, 0.717) is 19.6 Å². The van der Waals surface area contributed by atoms with Gasteiger partial charge in [-0.25, -0.2) is 0 Å². The van der Waals surface area contributed by atoms with Gasteiger partial charge < -0.3 is 15.0 Å². The highest BCUT2D eigenvalue weighted by atomic mass is 35.5. The molecular weight excluding hydrogens is 276 g/mol. The lowest BCUT2D eigenvalue weighted by Gasteiger charge is -2.27. The van der Waals surface area contributed by atoms with Gasteiger partial charge >= 0.3 is 0 Å². The van der Waals surface area contributed by atoms with Crippen LogP contribution in [0.15, 0.2) is 30.3 Å². The van der Waals surface area contributed by atoms with E-state index in [2.05, 4.69) is 17.4 Å². The van der Waals surface area contributed by atoms with Crippen LogP contribution < -0.4 is 5.32 Å². The van der Waals surface area contributed by atoms with Crippen molar-refractivity contribution >= 4 is 18.3 Å². The molecule has 0 spiro atoms. The number of halogens is 1. The summed E-state index contributed by atoms with van der Waals surface area (Å²) >= 11 is 0. The minimum atomic E-state index is 0. The highest BCUT2D eigenvalue weighted by Crippen LogP contribution is 2.08. The summed E-state index contributed by atoms with van der Waals surface area (Å²) in [7, 11) is 0. The van der Waals surface area contributed by atoms with Gasteiger partial charge in [0.05, 0.1) is 13.2 Å². The molecule has 1 N–H and O–H groups in total. The van der Waals surface area contributed by atoms with Crippen LogP contribution in [-0.4, -0.2) is 43.2 Å².